The van der Waals surface area contributed by atoms with Crippen molar-refractivity contribution < 1.29 is 14.2 Å². The number of hydrogen-bond donors (Lipinski definition) is 0. The van der Waals surface area contributed by atoms with Gasteiger partial charge < -0.3 is 9.63 Å². The first kappa shape index (κ1) is 7.13. The zero-order valence-corrected chi connectivity index (χ0v) is 6.35. The SMILES string of the molecule is CC(C)(C1CO1)[P+](=O)[O-]. The predicted molar refractivity (Wildman–Crippen MR) is 31.4 cm³/mol. The van der Waals surface area contributed by atoms with Crippen molar-refractivity contribution in [1.29, 1.82) is 0 Å². The fourth-order valence-electron chi connectivity index (χ4n) is 0.574. The van der Waals surface area contributed by atoms with Gasteiger partial charge in [-0.15, -0.1) is 0 Å². The fourth-order valence-corrected chi connectivity index (χ4v) is 0.958. The lowest BCUT2D eigenvalue weighted by Gasteiger charge is -2.09. The second-order valence-corrected chi connectivity index (χ2v) is 4.40. The van der Waals surface area contributed by atoms with Crippen molar-refractivity contribution >= 4 is 8.03 Å². The molecule has 0 saturated carbocycles. The maximum Gasteiger partial charge on any atom is 0.317 e. The lowest BCUT2D eigenvalue weighted by molar-refractivity contribution is -0.169. The molecule has 0 aromatic rings. The molecule has 1 heterocycles. The molecule has 0 spiro atoms. The van der Waals surface area contributed by atoms with Crippen molar-refractivity contribution in [3.63, 3.8) is 0 Å². The standard InChI is InChI=1S/C5H9O3P/c1-5(2,9(6)7)4-3-8-4/h4H,3H2,1-2H3. The highest BCUT2D eigenvalue weighted by molar-refractivity contribution is 7.38. The summed E-state index contributed by atoms with van der Waals surface area (Å²) < 4.78 is 15.3. The van der Waals surface area contributed by atoms with Gasteiger partial charge in [-0.3, -0.25) is 0 Å². The second kappa shape index (κ2) is 2.01. The molecule has 1 saturated heterocycles. The molecule has 4 heteroatoms. The Morgan fingerprint density at radius 1 is 1.78 bits per heavy atom. The van der Waals surface area contributed by atoms with E-state index in [1.807, 2.05) is 0 Å². The highest BCUT2D eigenvalue weighted by Gasteiger charge is 2.49. The summed E-state index contributed by atoms with van der Waals surface area (Å²) in [5, 5.41) is -0.657. The van der Waals surface area contributed by atoms with E-state index < -0.39 is 13.2 Å². The molecule has 1 rings (SSSR count). The van der Waals surface area contributed by atoms with Gasteiger partial charge in [0.25, 0.3) is 0 Å². The van der Waals surface area contributed by atoms with Crippen LogP contribution >= 0.6 is 8.03 Å². The smallest absolute Gasteiger partial charge is 0.317 e. The van der Waals surface area contributed by atoms with Gasteiger partial charge in [-0.05, 0) is 13.8 Å². The Labute approximate surface area is 54.9 Å². The molecule has 2 unspecified atom stereocenters. The summed E-state index contributed by atoms with van der Waals surface area (Å²) in [7, 11) is -2.35. The van der Waals surface area contributed by atoms with Gasteiger partial charge in [0.2, 0.25) is 0 Å². The fraction of sp³-hybridized carbons (Fsp3) is 1.00. The Balaban J connectivity index is 2.59. The molecule has 3 nitrogen and oxygen atoms in total. The summed E-state index contributed by atoms with van der Waals surface area (Å²) in [5.74, 6) is 0. The molecule has 0 aromatic heterocycles. The molecular weight excluding hydrogens is 139 g/mol. The third kappa shape index (κ3) is 1.29. The minimum absolute atomic E-state index is 0.0568. The van der Waals surface area contributed by atoms with Gasteiger partial charge in [0.1, 0.15) is 6.10 Å². The van der Waals surface area contributed by atoms with E-state index in [1.54, 1.807) is 13.8 Å². The zero-order chi connectivity index (χ0) is 7.07. The Bertz CT molecular complexity index is 139. The Hall–Kier alpha value is 0.0200. The van der Waals surface area contributed by atoms with Crippen LogP contribution in [0.15, 0.2) is 0 Å². The minimum Gasteiger partial charge on any atom is -0.595 e. The van der Waals surface area contributed by atoms with E-state index in [9.17, 15) is 9.46 Å². The molecule has 0 bridgehead atoms. The molecule has 0 N–H and O–H groups in total. The van der Waals surface area contributed by atoms with Crippen LogP contribution in [0.4, 0.5) is 0 Å². The highest BCUT2D eigenvalue weighted by Crippen LogP contribution is 2.40. The molecular formula is C5H9O3P. The van der Waals surface area contributed by atoms with E-state index in [-0.39, 0.29) is 6.10 Å². The van der Waals surface area contributed by atoms with Gasteiger partial charge in [-0.25, -0.2) is 0 Å². The summed E-state index contributed by atoms with van der Waals surface area (Å²) in [6.45, 7) is 3.95. The van der Waals surface area contributed by atoms with E-state index >= 15 is 0 Å². The van der Waals surface area contributed by atoms with E-state index in [4.69, 9.17) is 4.74 Å². The number of hydrogen-bond acceptors (Lipinski definition) is 3. The van der Waals surface area contributed by atoms with Crippen LogP contribution in [0.3, 0.4) is 0 Å². The van der Waals surface area contributed by atoms with Gasteiger partial charge in [-0.2, -0.15) is 0 Å². The van der Waals surface area contributed by atoms with Crippen LogP contribution in [0.25, 0.3) is 0 Å². The summed E-state index contributed by atoms with van der Waals surface area (Å²) in [6, 6.07) is 0. The van der Waals surface area contributed by atoms with Crippen molar-refractivity contribution in [1.82, 2.24) is 0 Å². The maximum absolute atomic E-state index is 10.5. The van der Waals surface area contributed by atoms with Gasteiger partial charge in [0.05, 0.1) is 6.61 Å². The van der Waals surface area contributed by atoms with Crippen LogP contribution in [0.5, 0.6) is 0 Å². The molecule has 0 aromatic carbocycles. The molecule has 1 aliphatic heterocycles. The molecule has 2 atom stereocenters. The lowest BCUT2D eigenvalue weighted by Crippen LogP contribution is -2.26. The minimum atomic E-state index is -2.35. The van der Waals surface area contributed by atoms with Gasteiger partial charge in [-0.1, -0.05) is 4.57 Å². The number of epoxide rings is 1. The quantitative estimate of drug-likeness (QED) is 0.417. The van der Waals surface area contributed by atoms with E-state index in [2.05, 4.69) is 0 Å². The second-order valence-electron chi connectivity index (χ2n) is 2.73. The van der Waals surface area contributed by atoms with E-state index in [1.165, 1.54) is 0 Å². The van der Waals surface area contributed by atoms with Crippen molar-refractivity contribution in [3.05, 3.63) is 0 Å². The van der Waals surface area contributed by atoms with Crippen molar-refractivity contribution in [2.75, 3.05) is 6.61 Å². The normalized spacial score (nSPS) is 27.9. The highest BCUT2D eigenvalue weighted by atomic mass is 31.1. The van der Waals surface area contributed by atoms with Crippen molar-refractivity contribution in [2.45, 2.75) is 25.1 Å². The number of rotatable bonds is 2. The summed E-state index contributed by atoms with van der Waals surface area (Å²) >= 11 is 0. The first-order valence-corrected chi connectivity index (χ1v) is 3.99. The Kier molecular flexibility index (Phi) is 1.59. The largest absolute Gasteiger partial charge is 0.595 e. The summed E-state index contributed by atoms with van der Waals surface area (Å²) in [6.07, 6.45) is -0.0568. The third-order valence-electron chi connectivity index (χ3n) is 1.59. The van der Waals surface area contributed by atoms with Gasteiger partial charge >= 0.3 is 8.03 Å². The average molecular weight is 148 g/mol. The first-order chi connectivity index (χ1) is 4.05. The van der Waals surface area contributed by atoms with Crippen LogP contribution in [0, 0.1) is 0 Å². The van der Waals surface area contributed by atoms with Crippen LogP contribution in [0.2, 0.25) is 0 Å². The maximum atomic E-state index is 10.5. The molecule has 9 heavy (non-hydrogen) atoms. The molecule has 1 fully saturated rings. The topological polar surface area (TPSA) is 52.7 Å². The predicted octanol–water partition coefficient (Wildman–Crippen LogP) is 0.266. The van der Waals surface area contributed by atoms with Gasteiger partial charge in [0, 0.05) is 0 Å². The molecule has 1 aliphatic rings. The molecule has 0 radical (unpaired) electrons. The number of ether oxygens (including phenoxy) is 1. The van der Waals surface area contributed by atoms with Crippen LogP contribution < -0.4 is 4.89 Å². The van der Waals surface area contributed by atoms with Crippen LogP contribution in [-0.2, 0) is 9.30 Å². The van der Waals surface area contributed by atoms with Crippen LogP contribution in [-0.4, -0.2) is 17.9 Å². The lowest BCUT2D eigenvalue weighted by atomic mass is 10.1. The van der Waals surface area contributed by atoms with Crippen molar-refractivity contribution in [2.24, 2.45) is 0 Å². The summed E-state index contributed by atoms with van der Waals surface area (Å²) in [4.78, 5) is 10.5. The molecule has 0 amide bonds. The van der Waals surface area contributed by atoms with Gasteiger partial charge in [0.15, 0.2) is 5.16 Å². The monoisotopic (exact) mass is 148 g/mol. The average Bonchev–Trinajstić information content (AvgIpc) is 2.42. The first-order valence-electron chi connectivity index (χ1n) is 2.81. The molecule has 0 aliphatic carbocycles. The van der Waals surface area contributed by atoms with E-state index in [0.29, 0.717) is 6.61 Å². The Morgan fingerprint density at radius 2 is 2.22 bits per heavy atom. The van der Waals surface area contributed by atoms with Crippen LogP contribution in [0.1, 0.15) is 13.8 Å². The Morgan fingerprint density at radius 3 is 2.33 bits per heavy atom. The van der Waals surface area contributed by atoms with E-state index in [0.717, 1.165) is 0 Å². The zero-order valence-electron chi connectivity index (χ0n) is 5.46. The molecule has 52 valence electrons. The third-order valence-corrected chi connectivity index (χ3v) is 2.82. The van der Waals surface area contributed by atoms with Crippen molar-refractivity contribution in [3.8, 4) is 0 Å². The summed E-state index contributed by atoms with van der Waals surface area (Å²) in [5.41, 5.74) is 0.